The molecule has 5 heteroatoms. The zero-order valence-corrected chi connectivity index (χ0v) is 37.0. The Balaban J connectivity index is 0.000000204. The van der Waals surface area contributed by atoms with E-state index in [1.54, 1.807) is 0 Å². The average molecular weight is 929 g/mol. The Morgan fingerprint density at radius 3 is 2.09 bits per heavy atom. The van der Waals surface area contributed by atoms with Crippen LogP contribution in [0.25, 0.3) is 53.8 Å². The molecule has 0 spiro atoms. The second-order valence-electron chi connectivity index (χ2n) is 16.4. The monoisotopic (exact) mass is 929 g/mol. The molecule has 55 heavy (non-hydrogen) atoms. The molecule has 2 nitrogen and oxygen atoms in total. The minimum atomic E-state index is -1.37. The van der Waals surface area contributed by atoms with Gasteiger partial charge < -0.3 is 9.97 Å². The number of thiophene rings is 1. The van der Waals surface area contributed by atoms with E-state index in [0.29, 0.717) is 5.92 Å². The van der Waals surface area contributed by atoms with Crippen molar-refractivity contribution in [3.63, 3.8) is 0 Å². The molecule has 1 unspecified atom stereocenters. The molecule has 0 N–H and O–H groups in total. The fourth-order valence-electron chi connectivity index (χ4n) is 7.12. The smallest absolute Gasteiger partial charge is 0.0798 e. The first kappa shape index (κ1) is 40.2. The molecule has 0 amide bonds. The Morgan fingerprint density at radius 2 is 1.40 bits per heavy atom. The molecule has 0 saturated heterocycles. The van der Waals surface area contributed by atoms with Gasteiger partial charge in [-0.15, -0.1) is 59.7 Å². The van der Waals surface area contributed by atoms with Gasteiger partial charge in [0.15, 0.2) is 0 Å². The summed E-state index contributed by atoms with van der Waals surface area (Å²) in [5.74, 6) is 0.308. The molecule has 1 atom stereocenters. The largest absolute Gasteiger partial charge is 0.305 e. The van der Waals surface area contributed by atoms with Gasteiger partial charge in [0.25, 0.3) is 0 Å². The van der Waals surface area contributed by atoms with Crippen LogP contribution in [0.4, 0.5) is 0 Å². The number of pyridine rings is 2. The van der Waals surface area contributed by atoms with Crippen LogP contribution in [0, 0.1) is 17.5 Å². The molecular weight excluding hydrogens is 881 g/mol. The molecule has 0 aliphatic rings. The van der Waals surface area contributed by atoms with E-state index in [0.717, 1.165) is 28.9 Å². The summed E-state index contributed by atoms with van der Waals surface area (Å²) >= 11 is 1.83. The van der Waals surface area contributed by atoms with Crippen molar-refractivity contribution in [3.05, 3.63) is 175 Å². The van der Waals surface area contributed by atoms with Crippen molar-refractivity contribution in [1.82, 2.24) is 9.97 Å². The second-order valence-corrected chi connectivity index (χ2v) is 22.5. The van der Waals surface area contributed by atoms with Gasteiger partial charge in [-0.2, -0.15) is 11.3 Å². The van der Waals surface area contributed by atoms with Crippen LogP contribution < -0.4 is 5.19 Å². The van der Waals surface area contributed by atoms with Crippen molar-refractivity contribution in [2.24, 2.45) is 5.41 Å². The predicted octanol–water partition coefficient (Wildman–Crippen LogP) is 13.4. The van der Waals surface area contributed by atoms with E-state index in [2.05, 4.69) is 175 Å². The van der Waals surface area contributed by atoms with E-state index in [9.17, 15) is 0 Å². The van der Waals surface area contributed by atoms with Crippen LogP contribution in [0.2, 0.25) is 19.6 Å². The molecule has 1 radical (unpaired) electrons. The van der Waals surface area contributed by atoms with Crippen LogP contribution >= 0.6 is 11.3 Å². The summed E-state index contributed by atoms with van der Waals surface area (Å²) in [5, 5.41) is 4.04. The number of fused-ring (bicyclic) bond motifs is 3. The Bertz CT molecular complexity index is 2500. The maximum atomic E-state index is 4.75. The van der Waals surface area contributed by atoms with Crippen molar-refractivity contribution in [2.45, 2.75) is 59.7 Å². The third kappa shape index (κ3) is 9.48. The first-order valence-corrected chi connectivity index (χ1v) is 23.2. The van der Waals surface area contributed by atoms with Crippen molar-refractivity contribution in [2.75, 3.05) is 0 Å². The number of aromatic nitrogens is 2. The molecule has 0 aliphatic carbocycles. The van der Waals surface area contributed by atoms with Crippen LogP contribution in [0.1, 0.15) is 50.3 Å². The zero-order valence-electron chi connectivity index (χ0n) is 32.8. The van der Waals surface area contributed by atoms with E-state index < -0.39 is 8.07 Å². The third-order valence-corrected chi connectivity index (χ3v) is 13.1. The molecule has 8 rings (SSSR count). The van der Waals surface area contributed by atoms with Gasteiger partial charge in [0.05, 0.1) is 8.07 Å². The fraction of sp³-hybridized carbons (Fsp3) is 0.200. The zero-order chi connectivity index (χ0) is 37.9. The molecule has 0 aliphatic heterocycles. The standard InChI is InChI=1S/C31H22NS.C19H26NSi.Ir/c1-21(22-9-4-2-5-10-22)24-17-18-32-29(19-24)28-14-8-13-27-26-16-15-25(20-30(26)33-31(27)28)23-11-6-3-7-12-23;1-19(2,3)13-16-12-17(15-10-8-7-9-11-15)20-14-18(16)21(4,5)6;/h2-13,15-21H,1H3;7-10,12,14H,13H2,1-6H3;/q2*-1;. The van der Waals surface area contributed by atoms with Crippen molar-refractivity contribution in [3.8, 4) is 33.6 Å². The van der Waals surface area contributed by atoms with Gasteiger partial charge in [-0.1, -0.05) is 143 Å². The quantitative estimate of drug-likeness (QED) is 0.118. The van der Waals surface area contributed by atoms with Gasteiger partial charge in [-0.05, 0) is 72.9 Å². The topological polar surface area (TPSA) is 25.8 Å². The SMILES string of the molecule is CC(C)(C)Cc1cc(-c2[c-]cccc2)ncc1[Si](C)(C)C.CC(c1ccccc1)c1ccnc(-c2[c-]ccc3c2sc2cc(-c4ccccc4)ccc23)c1.[Ir]. The molecule has 5 aromatic carbocycles. The van der Waals surface area contributed by atoms with Gasteiger partial charge in [0, 0.05) is 43.1 Å². The summed E-state index contributed by atoms with van der Waals surface area (Å²) in [6.07, 6.45) is 5.13. The third-order valence-electron chi connectivity index (χ3n) is 9.88. The minimum Gasteiger partial charge on any atom is -0.305 e. The van der Waals surface area contributed by atoms with Crippen LogP contribution in [-0.4, -0.2) is 18.0 Å². The van der Waals surface area contributed by atoms with Crippen molar-refractivity contribution >= 4 is 44.8 Å². The van der Waals surface area contributed by atoms with E-state index in [-0.39, 0.29) is 25.5 Å². The van der Waals surface area contributed by atoms with Gasteiger partial charge in [-0.3, -0.25) is 0 Å². The summed E-state index contributed by atoms with van der Waals surface area (Å²) in [5.41, 5.74) is 11.0. The molecule has 3 heterocycles. The van der Waals surface area contributed by atoms with E-state index >= 15 is 0 Å². The maximum Gasteiger partial charge on any atom is 0.0798 e. The van der Waals surface area contributed by atoms with Gasteiger partial charge in [0.1, 0.15) is 0 Å². The van der Waals surface area contributed by atoms with Crippen LogP contribution in [0.5, 0.6) is 0 Å². The Labute approximate surface area is 346 Å². The summed E-state index contributed by atoms with van der Waals surface area (Å²) in [6, 6.07) is 53.7. The maximum absolute atomic E-state index is 4.75. The molecule has 0 saturated carbocycles. The predicted molar refractivity (Wildman–Crippen MR) is 235 cm³/mol. The van der Waals surface area contributed by atoms with Crippen molar-refractivity contribution < 1.29 is 20.1 Å². The Hall–Kier alpha value is -4.51. The fourth-order valence-corrected chi connectivity index (χ4v) is 9.94. The second kappa shape index (κ2) is 17.1. The molecular formula is C50H48IrN2SSi-2. The van der Waals surface area contributed by atoms with Crippen LogP contribution in [0.15, 0.2) is 146 Å². The number of hydrogen-bond acceptors (Lipinski definition) is 3. The number of rotatable bonds is 7. The number of benzene rings is 5. The normalized spacial score (nSPS) is 12.1. The summed E-state index contributed by atoms with van der Waals surface area (Å²) in [4.78, 5) is 9.46. The molecule has 0 fully saturated rings. The van der Waals surface area contributed by atoms with E-state index in [4.69, 9.17) is 9.97 Å². The van der Waals surface area contributed by atoms with Crippen LogP contribution in [-0.2, 0) is 26.5 Å². The summed E-state index contributed by atoms with van der Waals surface area (Å²) < 4.78 is 2.54. The van der Waals surface area contributed by atoms with Gasteiger partial charge >= 0.3 is 0 Å². The van der Waals surface area contributed by atoms with E-state index in [1.807, 2.05) is 41.8 Å². The molecule has 0 bridgehead atoms. The van der Waals surface area contributed by atoms with Gasteiger partial charge in [0.2, 0.25) is 0 Å². The number of nitrogens with zero attached hydrogens (tertiary/aromatic N) is 2. The summed E-state index contributed by atoms with van der Waals surface area (Å²) in [7, 11) is -1.37. The van der Waals surface area contributed by atoms with Gasteiger partial charge in [-0.25, -0.2) is 0 Å². The molecule has 279 valence electrons. The first-order valence-electron chi connectivity index (χ1n) is 18.8. The van der Waals surface area contributed by atoms with Crippen molar-refractivity contribution in [1.29, 1.82) is 0 Å². The Kier molecular flexibility index (Phi) is 12.5. The first-order chi connectivity index (χ1) is 25.9. The average Bonchev–Trinajstić information content (AvgIpc) is 3.56. The Morgan fingerprint density at radius 1 is 0.673 bits per heavy atom. The number of hydrogen-bond donors (Lipinski definition) is 0. The molecule has 8 aromatic rings. The van der Waals surface area contributed by atoms with Crippen LogP contribution in [0.3, 0.4) is 0 Å². The molecule has 3 aromatic heterocycles. The van der Waals surface area contributed by atoms with E-state index in [1.165, 1.54) is 53.2 Å². The summed E-state index contributed by atoms with van der Waals surface area (Å²) in [6.45, 7) is 16.3. The minimum absolute atomic E-state index is 0.